The predicted molar refractivity (Wildman–Crippen MR) is 195 cm³/mol. The molecule has 0 aromatic heterocycles. The van der Waals surface area contributed by atoms with Crippen molar-refractivity contribution in [3.63, 3.8) is 0 Å². The Morgan fingerprint density at radius 1 is 0.349 bits per heavy atom. The molecule has 0 bridgehead atoms. The van der Waals surface area contributed by atoms with E-state index in [-0.39, 0.29) is 0 Å². The van der Waals surface area contributed by atoms with E-state index in [1.165, 1.54) is 0 Å². The number of hydrogen-bond acceptors (Lipinski definition) is 0. The fraction of sp³-hybridized carbons (Fsp3) is 1.00. The van der Waals surface area contributed by atoms with Crippen LogP contribution in [0.25, 0.3) is 0 Å². The largest absolute Gasteiger partial charge is 0.0689 e. The lowest BCUT2D eigenvalue weighted by Gasteiger charge is -2.51. The van der Waals surface area contributed by atoms with E-state index in [2.05, 4.69) is 88.5 Å². The molecule has 0 radical (unpaired) electrons. The van der Waals surface area contributed by atoms with E-state index in [0.29, 0.717) is 0 Å². The van der Waals surface area contributed by atoms with Gasteiger partial charge in [-0.2, -0.15) is 0 Å². The third-order valence-corrected chi connectivity index (χ3v) is 29.6. The van der Waals surface area contributed by atoms with Crippen molar-refractivity contribution in [2.75, 3.05) is 0 Å². The molecule has 43 heavy (non-hydrogen) atoms. The van der Waals surface area contributed by atoms with Crippen molar-refractivity contribution in [2.24, 2.45) is 88.8 Å². The predicted octanol–water partition coefficient (Wildman–Crippen LogP) is 12.9. The standard InChI is InChI=1S/C41H76Si2/c1-23-22-37-33(17-15-19-36(37)39(23)43(12,13)41-30(8)26(4)27(5)31(41)9)32-16-14-18-35-34(32)20-21-38(35)42(10,11)40-28(6)24(2)25(3)29(40)7/h23-41H,14-22H2,1-13H3. The molecule has 17 atom stereocenters. The SMILES string of the molecule is CC1CC2C(C3CCCC4C3CCC4[Si](C)(C)C3C(C)C(C)C(C)C3C)CCCC2C1[Si](C)(C)C1C(C)C(C)C(C)C1C. The van der Waals surface area contributed by atoms with Crippen molar-refractivity contribution < 1.29 is 0 Å². The summed E-state index contributed by atoms with van der Waals surface area (Å²) >= 11 is 0. The van der Waals surface area contributed by atoms with Crippen LogP contribution in [0.2, 0.25) is 48.4 Å². The Balaban J connectivity index is 1.22. The lowest BCUT2D eigenvalue weighted by atomic mass is 9.60. The highest BCUT2D eigenvalue weighted by molar-refractivity contribution is 6.81. The van der Waals surface area contributed by atoms with Gasteiger partial charge in [-0.3, -0.25) is 0 Å². The number of fused-ring (bicyclic) bond motifs is 2. The molecule has 6 aliphatic rings. The Labute approximate surface area is 272 Å². The molecule has 6 rings (SSSR count). The third-order valence-electron chi connectivity index (χ3n) is 18.7. The first kappa shape index (κ1) is 33.3. The van der Waals surface area contributed by atoms with E-state index in [4.69, 9.17) is 0 Å². The maximum atomic E-state index is 2.90. The second-order valence-corrected chi connectivity index (χ2v) is 30.4. The Hall–Kier alpha value is 0.434. The zero-order chi connectivity index (χ0) is 31.3. The molecule has 0 aromatic rings. The molecule has 6 fully saturated rings. The molecule has 0 aliphatic heterocycles. The van der Waals surface area contributed by atoms with Gasteiger partial charge in [-0.25, -0.2) is 0 Å². The fourth-order valence-electron chi connectivity index (χ4n) is 16.6. The van der Waals surface area contributed by atoms with E-state index in [9.17, 15) is 0 Å². The van der Waals surface area contributed by atoms with Gasteiger partial charge in [0.1, 0.15) is 0 Å². The summed E-state index contributed by atoms with van der Waals surface area (Å²) in [5, 5.41) is 0. The molecule has 248 valence electrons. The van der Waals surface area contributed by atoms with Gasteiger partial charge in [0.05, 0.1) is 16.1 Å². The van der Waals surface area contributed by atoms with E-state index >= 15 is 0 Å². The fourth-order valence-corrected chi connectivity index (χ4v) is 29.7. The summed E-state index contributed by atoms with van der Waals surface area (Å²) in [6, 6.07) is 0. The van der Waals surface area contributed by atoms with Crippen LogP contribution in [0.3, 0.4) is 0 Å². The van der Waals surface area contributed by atoms with Gasteiger partial charge in [0.15, 0.2) is 0 Å². The first-order valence-corrected chi connectivity index (χ1v) is 26.4. The molecule has 0 heterocycles. The third kappa shape index (κ3) is 5.03. The average molecular weight is 625 g/mol. The number of hydrogen-bond donors (Lipinski definition) is 0. The Morgan fingerprint density at radius 2 is 0.744 bits per heavy atom. The van der Waals surface area contributed by atoms with E-state index in [1.54, 1.807) is 57.8 Å². The lowest BCUT2D eigenvalue weighted by molar-refractivity contribution is 0.0430. The van der Waals surface area contributed by atoms with Crippen molar-refractivity contribution in [2.45, 2.75) is 168 Å². The van der Waals surface area contributed by atoms with E-state index in [0.717, 1.165) is 111 Å². The molecule has 6 saturated carbocycles. The first-order chi connectivity index (χ1) is 20.1. The van der Waals surface area contributed by atoms with Gasteiger partial charge >= 0.3 is 0 Å². The molecule has 0 saturated heterocycles. The van der Waals surface area contributed by atoms with E-state index < -0.39 is 16.1 Å². The van der Waals surface area contributed by atoms with Crippen LogP contribution in [0.5, 0.6) is 0 Å². The highest BCUT2D eigenvalue weighted by Crippen LogP contribution is 2.68. The molecule has 2 heteroatoms. The minimum Gasteiger partial charge on any atom is -0.0689 e. The summed E-state index contributed by atoms with van der Waals surface area (Å²) in [4.78, 5) is 0. The van der Waals surface area contributed by atoms with Crippen LogP contribution in [-0.2, 0) is 0 Å². The second kappa shape index (κ2) is 11.8. The molecule has 0 spiro atoms. The van der Waals surface area contributed by atoms with Crippen LogP contribution >= 0.6 is 0 Å². The highest BCUT2D eigenvalue weighted by atomic mass is 28.3. The van der Waals surface area contributed by atoms with Crippen LogP contribution in [0.15, 0.2) is 0 Å². The molecular formula is C41H76Si2. The van der Waals surface area contributed by atoms with Gasteiger partial charge in [-0.1, -0.05) is 121 Å². The van der Waals surface area contributed by atoms with Crippen molar-refractivity contribution in [1.82, 2.24) is 0 Å². The van der Waals surface area contributed by atoms with Gasteiger partial charge in [0.2, 0.25) is 0 Å². The van der Waals surface area contributed by atoms with Gasteiger partial charge in [-0.15, -0.1) is 0 Å². The van der Waals surface area contributed by atoms with Gasteiger partial charge in [-0.05, 0) is 137 Å². The summed E-state index contributed by atoms with van der Waals surface area (Å²) in [7, 11) is -2.74. The smallest absolute Gasteiger partial charge is 0.0546 e. The summed E-state index contributed by atoms with van der Waals surface area (Å²) in [5.41, 5.74) is 4.29. The maximum Gasteiger partial charge on any atom is 0.0546 e. The first-order valence-electron chi connectivity index (χ1n) is 20.1. The summed E-state index contributed by atoms with van der Waals surface area (Å²) in [6.07, 6.45) is 14.3. The molecule has 0 aromatic carbocycles. The molecule has 17 unspecified atom stereocenters. The molecule has 0 N–H and O–H groups in total. The molecule has 0 amide bonds. The monoisotopic (exact) mass is 625 g/mol. The van der Waals surface area contributed by atoms with Crippen LogP contribution in [-0.4, -0.2) is 16.1 Å². The normalized spacial score (nSPS) is 55.9. The topological polar surface area (TPSA) is 0 Å². The molecule has 0 nitrogen and oxygen atoms in total. The van der Waals surface area contributed by atoms with Crippen LogP contribution in [0.1, 0.15) is 120 Å². The highest BCUT2D eigenvalue weighted by Gasteiger charge is 2.61. The van der Waals surface area contributed by atoms with Crippen molar-refractivity contribution in [1.29, 1.82) is 0 Å². The Bertz CT molecular complexity index is 956. The van der Waals surface area contributed by atoms with E-state index in [1.807, 2.05) is 0 Å². The van der Waals surface area contributed by atoms with Crippen LogP contribution in [0.4, 0.5) is 0 Å². The summed E-state index contributed by atoms with van der Waals surface area (Å²) in [5.74, 6) is 14.9. The van der Waals surface area contributed by atoms with Crippen molar-refractivity contribution in [3.05, 3.63) is 0 Å². The van der Waals surface area contributed by atoms with Gasteiger partial charge < -0.3 is 0 Å². The second-order valence-electron chi connectivity index (χ2n) is 20.3. The zero-order valence-corrected chi connectivity index (χ0v) is 33.3. The zero-order valence-electron chi connectivity index (χ0n) is 31.3. The lowest BCUT2D eigenvalue weighted by Crippen LogP contribution is -2.47. The summed E-state index contributed by atoms with van der Waals surface area (Å²) in [6.45, 7) is 35.4. The van der Waals surface area contributed by atoms with Crippen molar-refractivity contribution in [3.8, 4) is 0 Å². The minimum absolute atomic E-state index is 0.919. The Kier molecular flexibility index (Phi) is 9.18. The number of rotatable bonds is 5. The van der Waals surface area contributed by atoms with Crippen LogP contribution in [0, 0.1) is 88.8 Å². The Morgan fingerprint density at radius 3 is 1.26 bits per heavy atom. The molecular weight excluding hydrogens is 549 g/mol. The van der Waals surface area contributed by atoms with Gasteiger partial charge in [0.25, 0.3) is 0 Å². The average Bonchev–Trinajstić information content (AvgIpc) is 3.65. The quantitative estimate of drug-likeness (QED) is 0.267. The summed E-state index contributed by atoms with van der Waals surface area (Å²) < 4.78 is 0. The van der Waals surface area contributed by atoms with Crippen LogP contribution < -0.4 is 0 Å². The van der Waals surface area contributed by atoms with Crippen molar-refractivity contribution >= 4 is 16.1 Å². The minimum atomic E-state index is -1.39. The maximum absolute atomic E-state index is 2.90. The molecule has 6 aliphatic carbocycles. The van der Waals surface area contributed by atoms with Gasteiger partial charge in [0, 0.05) is 0 Å².